The van der Waals surface area contributed by atoms with Gasteiger partial charge in [-0.15, -0.1) is 0 Å². The van der Waals surface area contributed by atoms with Gasteiger partial charge in [0.2, 0.25) is 0 Å². The highest BCUT2D eigenvalue weighted by Crippen LogP contribution is 2.11. The average Bonchev–Trinajstić information content (AvgIpc) is 2.28. The van der Waals surface area contributed by atoms with Gasteiger partial charge in [0.1, 0.15) is 5.82 Å². The summed E-state index contributed by atoms with van der Waals surface area (Å²) in [5, 5.41) is 0. The van der Waals surface area contributed by atoms with Crippen molar-refractivity contribution < 1.29 is 18.3 Å². The zero-order valence-electron chi connectivity index (χ0n) is 9.69. The van der Waals surface area contributed by atoms with E-state index in [-0.39, 0.29) is 6.61 Å². The molecule has 6 heteroatoms. The molecule has 1 rings (SSSR count). The van der Waals surface area contributed by atoms with Gasteiger partial charge in [0, 0.05) is 13.2 Å². The van der Waals surface area contributed by atoms with E-state index in [2.05, 4.69) is 4.98 Å². The third-order valence-electron chi connectivity index (χ3n) is 2.06. The number of carbonyl (C=O) groups excluding carboxylic acids is 1. The van der Waals surface area contributed by atoms with Crippen LogP contribution < -0.4 is 4.90 Å². The number of alkyl halides is 2. The number of esters is 1. The van der Waals surface area contributed by atoms with Gasteiger partial charge in [-0.25, -0.2) is 18.6 Å². The van der Waals surface area contributed by atoms with Crippen LogP contribution in [0.25, 0.3) is 0 Å². The van der Waals surface area contributed by atoms with Crippen LogP contribution in [0.3, 0.4) is 0 Å². The molecule has 0 aliphatic heterocycles. The lowest BCUT2D eigenvalue weighted by molar-refractivity contribution is 0.0526. The number of ether oxygens (including phenoxy) is 1. The smallest absolute Gasteiger partial charge is 0.339 e. The molecule has 4 nitrogen and oxygen atoms in total. The van der Waals surface area contributed by atoms with Crippen molar-refractivity contribution in [2.24, 2.45) is 0 Å². The molecule has 0 bridgehead atoms. The van der Waals surface area contributed by atoms with Crippen LogP contribution in [0.2, 0.25) is 0 Å². The topological polar surface area (TPSA) is 42.4 Å². The van der Waals surface area contributed by atoms with E-state index in [1.807, 2.05) is 0 Å². The number of nitrogens with zero attached hydrogens (tertiary/aromatic N) is 2. The molecule has 0 aliphatic rings. The highest BCUT2D eigenvalue weighted by molar-refractivity contribution is 5.89. The first-order chi connectivity index (χ1) is 8.04. The Kier molecular flexibility index (Phi) is 4.81. The van der Waals surface area contributed by atoms with Crippen LogP contribution in [0, 0.1) is 0 Å². The van der Waals surface area contributed by atoms with E-state index in [4.69, 9.17) is 4.74 Å². The van der Waals surface area contributed by atoms with Crippen molar-refractivity contribution in [2.75, 3.05) is 25.1 Å². The molecule has 0 unspecified atom stereocenters. The summed E-state index contributed by atoms with van der Waals surface area (Å²) in [4.78, 5) is 16.6. The van der Waals surface area contributed by atoms with Crippen molar-refractivity contribution in [3.63, 3.8) is 0 Å². The van der Waals surface area contributed by atoms with Crippen LogP contribution in [0.5, 0.6) is 0 Å². The normalized spacial score (nSPS) is 10.4. The van der Waals surface area contributed by atoms with E-state index in [1.165, 1.54) is 30.3 Å². The van der Waals surface area contributed by atoms with Gasteiger partial charge in [-0.2, -0.15) is 0 Å². The summed E-state index contributed by atoms with van der Waals surface area (Å²) in [6, 6.07) is 3.01. The summed E-state index contributed by atoms with van der Waals surface area (Å²) in [5.74, 6) is -0.0820. The third kappa shape index (κ3) is 3.97. The number of anilines is 1. The first-order valence-corrected chi connectivity index (χ1v) is 5.17. The van der Waals surface area contributed by atoms with Gasteiger partial charge in [0.05, 0.1) is 18.7 Å². The zero-order chi connectivity index (χ0) is 12.8. The molecule has 1 heterocycles. The van der Waals surface area contributed by atoms with Gasteiger partial charge in [-0.05, 0) is 19.1 Å². The number of carbonyl (C=O) groups is 1. The van der Waals surface area contributed by atoms with Crippen LogP contribution in [0.15, 0.2) is 18.3 Å². The van der Waals surface area contributed by atoms with Crippen molar-refractivity contribution in [1.29, 1.82) is 0 Å². The molecular formula is C11H14F2N2O2. The predicted molar refractivity (Wildman–Crippen MR) is 59.5 cm³/mol. The van der Waals surface area contributed by atoms with Crippen LogP contribution in [0.4, 0.5) is 14.6 Å². The monoisotopic (exact) mass is 244 g/mol. The average molecular weight is 244 g/mol. The molecule has 0 saturated carbocycles. The van der Waals surface area contributed by atoms with Gasteiger partial charge in [0.25, 0.3) is 6.43 Å². The fourth-order valence-electron chi connectivity index (χ4n) is 1.25. The van der Waals surface area contributed by atoms with Crippen molar-refractivity contribution in [3.05, 3.63) is 23.9 Å². The Hall–Kier alpha value is -1.72. The van der Waals surface area contributed by atoms with E-state index in [0.717, 1.165) is 0 Å². The first-order valence-electron chi connectivity index (χ1n) is 5.17. The highest BCUT2D eigenvalue weighted by atomic mass is 19.3. The standard InChI is InChI=1S/C11H14F2N2O2/c1-3-17-11(16)8-4-5-10(14-6-8)15(2)7-9(12)13/h4-6,9H,3,7H2,1-2H3. The Bertz CT molecular complexity index is 368. The minimum absolute atomic E-state index is 0.284. The number of halogens is 2. The summed E-state index contributed by atoms with van der Waals surface area (Å²) in [6.45, 7) is 1.59. The molecule has 0 radical (unpaired) electrons. The minimum atomic E-state index is -2.42. The lowest BCUT2D eigenvalue weighted by Crippen LogP contribution is -2.24. The Balaban J connectivity index is 2.70. The molecule has 0 aromatic carbocycles. The molecule has 0 aliphatic carbocycles. The van der Waals surface area contributed by atoms with Crippen LogP contribution in [-0.4, -0.2) is 37.6 Å². The number of pyridine rings is 1. The molecule has 0 amide bonds. The summed E-state index contributed by atoms with van der Waals surface area (Å²) in [6.07, 6.45) is -1.11. The van der Waals surface area contributed by atoms with Gasteiger partial charge in [0.15, 0.2) is 0 Å². The third-order valence-corrected chi connectivity index (χ3v) is 2.06. The molecule has 0 N–H and O–H groups in total. The van der Waals surface area contributed by atoms with Gasteiger partial charge in [-0.1, -0.05) is 0 Å². The van der Waals surface area contributed by atoms with E-state index in [0.29, 0.717) is 11.4 Å². The first kappa shape index (κ1) is 13.3. The molecule has 0 spiro atoms. The van der Waals surface area contributed by atoms with Crippen LogP contribution in [0.1, 0.15) is 17.3 Å². The second kappa shape index (κ2) is 6.12. The summed E-state index contributed by atoms with van der Waals surface area (Å²) >= 11 is 0. The molecule has 1 aromatic rings. The van der Waals surface area contributed by atoms with E-state index >= 15 is 0 Å². The van der Waals surface area contributed by atoms with Crippen molar-refractivity contribution >= 4 is 11.8 Å². The molecule has 0 atom stereocenters. The summed E-state index contributed by atoms with van der Waals surface area (Å²) in [7, 11) is 1.51. The maximum atomic E-state index is 12.1. The molecule has 0 saturated heterocycles. The highest BCUT2D eigenvalue weighted by Gasteiger charge is 2.11. The lowest BCUT2D eigenvalue weighted by Gasteiger charge is -2.17. The van der Waals surface area contributed by atoms with Gasteiger partial charge >= 0.3 is 5.97 Å². The number of aromatic nitrogens is 1. The number of hydrogen-bond acceptors (Lipinski definition) is 4. The quantitative estimate of drug-likeness (QED) is 0.742. The van der Waals surface area contributed by atoms with Crippen molar-refractivity contribution in [3.8, 4) is 0 Å². The molecular weight excluding hydrogens is 230 g/mol. The molecule has 94 valence electrons. The maximum absolute atomic E-state index is 12.1. The van der Waals surface area contributed by atoms with Crippen molar-refractivity contribution in [2.45, 2.75) is 13.3 Å². The van der Waals surface area contributed by atoms with E-state index < -0.39 is 18.9 Å². The summed E-state index contributed by atoms with van der Waals surface area (Å²) in [5.41, 5.74) is 0.307. The van der Waals surface area contributed by atoms with Crippen LogP contribution in [-0.2, 0) is 4.74 Å². The Morgan fingerprint density at radius 3 is 2.71 bits per heavy atom. The lowest BCUT2D eigenvalue weighted by atomic mass is 10.3. The number of rotatable bonds is 5. The molecule has 0 fully saturated rings. The largest absolute Gasteiger partial charge is 0.462 e. The van der Waals surface area contributed by atoms with E-state index in [9.17, 15) is 13.6 Å². The van der Waals surface area contributed by atoms with Gasteiger partial charge < -0.3 is 9.64 Å². The summed E-state index contributed by atoms with van der Waals surface area (Å²) < 4.78 is 29.1. The SMILES string of the molecule is CCOC(=O)c1ccc(N(C)CC(F)F)nc1. The predicted octanol–water partition coefficient (Wildman–Crippen LogP) is 1.96. The van der Waals surface area contributed by atoms with Crippen molar-refractivity contribution in [1.82, 2.24) is 4.98 Å². The second-order valence-electron chi connectivity index (χ2n) is 3.40. The second-order valence-corrected chi connectivity index (χ2v) is 3.40. The number of hydrogen-bond donors (Lipinski definition) is 0. The molecule has 17 heavy (non-hydrogen) atoms. The van der Waals surface area contributed by atoms with E-state index in [1.54, 1.807) is 6.92 Å². The Morgan fingerprint density at radius 2 is 2.24 bits per heavy atom. The fourth-order valence-corrected chi connectivity index (χ4v) is 1.25. The fraction of sp³-hybridized carbons (Fsp3) is 0.455. The zero-order valence-corrected chi connectivity index (χ0v) is 9.69. The van der Waals surface area contributed by atoms with Gasteiger partial charge in [-0.3, -0.25) is 0 Å². The van der Waals surface area contributed by atoms with Crippen LogP contribution >= 0.6 is 0 Å². The minimum Gasteiger partial charge on any atom is -0.462 e. The Morgan fingerprint density at radius 1 is 1.53 bits per heavy atom. The maximum Gasteiger partial charge on any atom is 0.339 e. The molecule has 1 aromatic heterocycles. The Labute approximate surface area is 98.2 Å².